The lowest BCUT2D eigenvalue weighted by Crippen LogP contribution is -2.22. The molecule has 0 spiro atoms. The maximum atomic E-state index is 6.15. The van der Waals surface area contributed by atoms with Crippen LogP contribution in [-0.4, -0.2) is 9.80 Å². The molecule has 6 aromatic rings. The molecule has 0 saturated carbocycles. The van der Waals surface area contributed by atoms with Crippen LogP contribution in [0.15, 0.2) is 158 Å². The zero-order chi connectivity index (χ0) is 33.0. The molecule has 0 bridgehead atoms. The van der Waals surface area contributed by atoms with E-state index in [1.54, 1.807) is 0 Å². The number of aryl methyl sites for hydroxylation is 2. The molecule has 0 saturated heterocycles. The Balaban J connectivity index is 1.04. The van der Waals surface area contributed by atoms with Crippen molar-refractivity contribution in [2.75, 3.05) is 0 Å². The maximum absolute atomic E-state index is 6.15. The lowest BCUT2D eigenvalue weighted by Gasteiger charge is -2.23. The first-order valence-corrected chi connectivity index (χ1v) is 17.5. The highest BCUT2D eigenvalue weighted by Crippen LogP contribution is 2.20. The van der Waals surface area contributed by atoms with Gasteiger partial charge in [0.1, 0.15) is 0 Å². The van der Waals surface area contributed by atoms with E-state index in [9.17, 15) is 0 Å². The largest absolute Gasteiger partial charge is 0.291 e. The van der Waals surface area contributed by atoms with Gasteiger partial charge in [-0.1, -0.05) is 157 Å². The van der Waals surface area contributed by atoms with Gasteiger partial charge in [-0.3, -0.25) is 9.80 Å². The molecule has 0 aromatic heterocycles. The van der Waals surface area contributed by atoms with Crippen molar-refractivity contribution in [1.29, 1.82) is 0 Å². The summed E-state index contributed by atoms with van der Waals surface area (Å²) in [6.45, 7) is 5.31. The molecule has 4 heteroatoms. The second-order valence-corrected chi connectivity index (χ2v) is 13.5. The van der Waals surface area contributed by atoms with Crippen LogP contribution in [0.5, 0.6) is 0 Å². The normalized spacial score (nSPS) is 11.3. The van der Waals surface area contributed by atoms with Crippen LogP contribution >= 0.6 is 23.2 Å². The highest BCUT2D eigenvalue weighted by Gasteiger charge is 2.11. The van der Waals surface area contributed by atoms with Gasteiger partial charge in [0.25, 0.3) is 0 Å². The van der Waals surface area contributed by atoms with E-state index in [0.29, 0.717) is 0 Å². The summed E-state index contributed by atoms with van der Waals surface area (Å²) >= 11 is 12.3. The molecule has 242 valence electrons. The van der Waals surface area contributed by atoms with Crippen molar-refractivity contribution in [3.63, 3.8) is 0 Å². The Morgan fingerprint density at radius 2 is 0.500 bits per heavy atom. The van der Waals surface area contributed by atoms with Gasteiger partial charge in [-0.15, -0.1) is 0 Å². The third-order valence-corrected chi connectivity index (χ3v) is 9.20. The summed E-state index contributed by atoms with van der Waals surface area (Å²) in [6.07, 6.45) is 2.05. The first-order chi connectivity index (χ1) is 23.5. The third-order valence-electron chi connectivity index (χ3n) is 8.70. The monoisotopic (exact) mass is 668 g/mol. The Kier molecular flexibility index (Phi) is 12.1. The molecular formula is C44H42Cl2N2. The minimum absolute atomic E-state index is 0.774. The van der Waals surface area contributed by atoms with Crippen molar-refractivity contribution in [2.45, 2.75) is 52.1 Å². The summed E-state index contributed by atoms with van der Waals surface area (Å²) in [6, 6.07) is 56.2. The smallest absolute Gasteiger partial charge is 0.0406 e. The number of rotatable bonds is 15. The highest BCUT2D eigenvalue weighted by atomic mass is 35.5. The van der Waals surface area contributed by atoms with Crippen molar-refractivity contribution in [1.82, 2.24) is 9.80 Å². The third kappa shape index (κ3) is 10.7. The Labute approximate surface area is 296 Å². The summed E-state index contributed by atoms with van der Waals surface area (Å²) < 4.78 is 0. The number of hydrogen-bond acceptors (Lipinski definition) is 2. The Hall–Kier alpha value is -4.18. The molecule has 6 rings (SSSR count). The fraction of sp³-hybridized carbons (Fsp3) is 0.182. The average molecular weight is 670 g/mol. The molecule has 0 amide bonds. The van der Waals surface area contributed by atoms with Gasteiger partial charge in [-0.25, -0.2) is 0 Å². The van der Waals surface area contributed by atoms with Gasteiger partial charge in [-0.2, -0.15) is 0 Å². The van der Waals surface area contributed by atoms with Gasteiger partial charge >= 0.3 is 0 Å². The van der Waals surface area contributed by atoms with Crippen molar-refractivity contribution < 1.29 is 0 Å². The van der Waals surface area contributed by atoms with Crippen LogP contribution in [0.2, 0.25) is 10.0 Å². The first kappa shape index (κ1) is 33.7. The summed E-state index contributed by atoms with van der Waals surface area (Å²) in [5.41, 5.74) is 10.6. The van der Waals surface area contributed by atoms with Gasteiger partial charge in [-0.05, 0) is 81.6 Å². The number of benzene rings is 6. The molecule has 0 heterocycles. The number of halogens is 2. The van der Waals surface area contributed by atoms with Crippen LogP contribution in [0.1, 0.15) is 44.5 Å². The van der Waals surface area contributed by atoms with Gasteiger partial charge in [0.2, 0.25) is 0 Å². The molecule has 0 aliphatic heterocycles. The topological polar surface area (TPSA) is 6.48 Å². The van der Waals surface area contributed by atoms with Crippen LogP contribution in [0.3, 0.4) is 0 Å². The Morgan fingerprint density at radius 1 is 0.271 bits per heavy atom. The predicted molar refractivity (Wildman–Crippen MR) is 202 cm³/mol. The van der Waals surface area contributed by atoms with Gasteiger partial charge in [0, 0.05) is 49.3 Å². The average Bonchev–Trinajstić information content (AvgIpc) is 3.11. The zero-order valence-electron chi connectivity index (χ0n) is 27.3. The molecule has 48 heavy (non-hydrogen) atoms. The van der Waals surface area contributed by atoms with E-state index < -0.39 is 0 Å². The molecule has 0 fully saturated rings. The van der Waals surface area contributed by atoms with Gasteiger partial charge < -0.3 is 0 Å². The van der Waals surface area contributed by atoms with Crippen LogP contribution in [0, 0.1) is 0 Å². The van der Waals surface area contributed by atoms with E-state index >= 15 is 0 Å². The molecular weight excluding hydrogens is 627 g/mol. The minimum atomic E-state index is 0.774. The van der Waals surface area contributed by atoms with E-state index in [-0.39, 0.29) is 0 Å². The zero-order valence-corrected chi connectivity index (χ0v) is 28.8. The quantitative estimate of drug-likeness (QED) is 0.107. The van der Waals surface area contributed by atoms with Crippen molar-refractivity contribution in [3.05, 3.63) is 212 Å². The Morgan fingerprint density at radius 3 is 0.792 bits per heavy atom. The molecule has 0 N–H and O–H groups in total. The van der Waals surface area contributed by atoms with E-state index in [1.807, 2.05) is 24.3 Å². The Bertz CT molecular complexity index is 1670. The second kappa shape index (κ2) is 17.3. The fourth-order valence-electron chi connectivity index (χ4n) is 6.14. The second-order valence-electron chi connectivity index (χ2n) is 12.6. The molecule has 0 unspecified atom stereocenters. The predicted octanol–water partition coefficient (Wildman–Crippen LogP) is 11.2. The first-order valence-electron chi connectivity index (χ1n) is 16.7. The van der Waals surface area contributed by atoms with Gasteiger partial charge in [0.15, 0.2) is 0 Å². The molecule has 6 aromatic carbocycles. The van der Waals surface area contributed by atoms with E-state index in [4.69, 9.17) is 23.2 Å². The van der Waals surface area contributed by atoms with Crippen LogP contribution in [0.25, 0.3) is 0 Å². The summed E-state index contributed by atoms with van der Waals surface area (Å²) in [5.74, 6) is 0. The fourth-order valence-corrected chi connectivity index (χ4v) is 6.39. The number of hydrogen-bond donors (Lipinski definition) is 0. The molecule has 0 aliphatic rings. The van der Waals surface area contributed by atoms with E-state index in [1.165, 1.54) is 44.5 Å². The van der Waals surface area contributed by atoms with Crippen LogP contribution in [-0.2, 0) is 52.1 Å². The van der Waals surface area contributed by atoms with E-state index in [2.05, 4.69) is 143 Å². The van der Waals surface area contributed by atoms with E-state index in [0.717, 1.165) is 62.2 Å². The SMILES string of the molecule is Clc1ccc(CN(Cc2ccccc2)Cc2ccc(CCc3ccc(CN(Cc4ccccc4)Cc4ccc(Cl)cc4)cc3)cc2)cc1. The van der Waals surface area contributed by atoms with Gasteiger partial charge in [0.05, 0.1) is 0 Å². The van der Waals surface area contributed by atoms with Crippen molar-refractivity contribution in [2.24, 2.45) is 0 Å². The molecule has 0 radical (unpaired) electrons. The van der Waals surface area contributed by atoms with Crippen LogP contribution < -0.4 is 0 Å². The minimum Gasteiger partial charge on any atom is -0.291 e. The van der Waals surface area contributed by atoms with Crippen LogP contribution in [0.4, 0.5) is 0 Å². The standard InChI is InChI=1S/C44H42Cl2N2/c45-43-25-21-41(22-26-43)33-47(29-37-7-3-1-4-8-37)31-39-17-13-35(14-18-39)11-12-36-15-19-40(20-16-36)32-48(30-38-9-5-2-6-10-38)34-42-23-27-44(46)28-24-42/h1-10,13-28H,11-12,29-34H2. The molecule has 0 atom stereocenters. The lowest BCUT2D eigenvalue weighted by atomic mass is 10.0. The summed E-state index contributed by atoms with van der Waals surface area (Å²) in [4.78, 5) is 4.98. The highest BCUT2D eigenvalue weighted by molar-refractivity contribution is 6.30. The molecule has 0 aliphatic carbocycles. The maximum Gasteiger partial charge on any atom is 0.0406 e. The molecule has 2 nitrogen and oxygen atoms in total. The lowest BCUT2D eigenvalue weighted by molar-refractivity contribution is 0.247. The summed E-state index contributed by atoms with van der Waals surface area (Å²) in [7, 11) is 0. The van der Waals surface area contributed by atoms with Crippen molar-refractivity contribution >= 4 is 23.2 Å². The number of nitrogens with zero attached hydrogens (tertiary/aromatic N) is 2. The summed E-state index contributed by atoms with van der Waals surface area (Å²) in [5, 5.41) is 1.55. The van der Waals surface area contributed by atoms with Crippen molar-refractivity contribution in [3.8, 4) is 0 Å².